The van der Waals surface area contributed by atoms with Gasteiger partial charge in [0, 0.05) is 48.7 Å². The molecule has 1 aliphatic heterocycles. The van der Waals surface area contributed by atoms with Gasteiger partial charge in [-0.3, -0.25) is 9.69 Å². The molecule has 0 radical (unpaired) electrons. The number of rotatable bonds is 7. The average Bonchev–Trinajstić information content (AvgIpc) is 3.63. The molecule has 0 bridgehead atoms. The minimum absolute atomic E-state index is 0.160. The standard InChI is InChI=1S/C34H43N5OS/c1-38-16-18-39(19-17-38)24-25-4-7-27(8-5-25)31-22-28-20-26(6-9-30(28)41-31)21-29(23-35)37-32(40)34(36)14-12-33(13-15-34)10-2-3-11-33/h4-9,20,22,29H,2-3,10-19,21,24,36H2,1H3,(H,37,40)/t29-/m1/s1. The van der Waals surface area contributed by atoms with Gasteiger partial charge in [-0.1, -0.05) is 49.2 Å². The smallest absolute Gasteiger partial charge is 0.241 e. The number of fused-ring (bicyclic) bond motifs is 1. The summed E-state index contributed by atoms with van der Waals surface area (Å²) in [5.74, 6) is -0.160. The molecule has 3 N–H and O–H groups in total. The normalized spacial score (nSPS) is 21.6. The van der Waals surface area contributed by atoms with Crippen molar-refractivity contribution < 1.29 is 4.79 Å². The Kier molecular flexibility index (Phi) is 8.20. The van der Waals surface area contributed by atoms with Gasteiger partial charge in [-0.2, -0.15) is 5.26 Å². The largest absolute Gasteiger partial charge is 0.338 e. The molecule has 3 aliphatic rings. The van der Waals surface area contributed by atoms with Crippen LogP contribution in [-0.2, 0) is 17.8 Å². The molecule has 6 rings (SSSR count). The van der Waals surface area contributed by atoms with Gasteiger partial charge in [-0.05, 0) is 85.2 Å². The highest BCUT2D eigenvalue weighted by molar-refractivity contribution is 7.22. The molecule has 6 nitrogen and oxygen atoms in total. The highest BCUT2D eigenvalue weighted by Crippen LogP contribution is 2.50. The van der Waals surface area contributed by atoms with Gasteiger partial charge in [0.25, 0.3) is 0 Å². The van der Waals surface area contributed by atoms with Gasteiger partial charge in [0.1, 0.15) is 6.04 Å². The van der Waals surface area contributed by atoms with Gasteiger partial charge in [0.05, 0.1) is 11.6 Å². The molecular weight excluding hydrogens is 526 g/mol. The van der Waals surface area contributed by atoms with Crippen LogP contribution in [0.15, 0.2) is 48.5 Å². The Bertz CT molecular complexity index is 1400. The number of thiophene rings is 1. The van der Waals surface area contributed by atoms with Gasteiger partial charge < -0.3 is 16.0 Å². The number of nitrogens with zero attached hydrogens (tertiary/aromatic N) is 3. The number of amides is 1. The van der Waals surface area contributed by atoms with Gasteiger partial charge in [0.15, 0.2) is 0 Å². The predicted octanol–water partition coefficient (Wildman–Crippen LogP) is 5.70. The fraction of sp³-hybridized carbons (Fsp3) is 0.529. The number of hydrogen-bond donors (Lipinski definition) is 2. The first-order valence-electron chi connectivity index (χ1n) is 15.4. The Labute approximate surface area is 248 Å². The quantitative estimate of drug-likeness (QED) is 0.381. The first kappa shape index (κ1) is 28.4. The molecule has 3 fully saturated rings. The summed E-state index contributed by atoms with van der Waals surface area (Å²) in [6.45, 7) is 5.53. The van der Waals surface area contributed by atoms with Crippen LogP contribution in [-0.4, -0.2) is 60.5 Å². The fourth-order valence-corrected chi connectivity index (χ4v) is 8.19. The Morgan fingerprint density at radius 1 is 0.976 bits per heavy atom. The van der Waals surface area contributed by atoms with Crippen molar-refractivity contribution in [2.75, 3.05) is 33.2 Å². The molecule has 41 heavy (non-hydrogen) atoms. The van der Waals surface area contributed by atoms with E-state index in [4.69, 9.17) is 5.73 Å². The molecule has 2 saturated carbocycles. The number of carbonyl (C=O) groups excluding carboxylic acids is 1. The number of nitrogens with one attached hydrogen (secondary N) is 1. The maximum absolute atomic E-state index is 13.2. The monoisotopic (exact) mass is 569 g/mol. The van der Waals surface area contributed by atoms with E-state index in [-0.39, 0.29) is 5.91 Å². The average molecular weight is 570 g/mol. The third kappa shape index (κ3) is 6.36. The summed E-state index contributed by atoms with van der Waals surface area (Å²) in [7, 11) is 2.19. The second-order valence-corrected chi connectivity index (χ2v) is 14.1. The summed E-state index contributed by atoms with van der Waals surface area (Å²) < 4.78 is 1.23. The van der Waals surface area contributed by atoms with Crippen molar-refractivity contribution in [1.82, 2.24) is 15.1 Å². The van der Waals surface area contributed by atoms with E-state index >= 15 is 0 Å². The summed E-state index contributed by atoms with van der Waals surface area (Å²) in [5, 5.41) is 14.1. The van der Waals surface area contributed by atoms with Crippen molar-refractivity contribution in [2.45, 2.75) is 75.9 Å². The first-order chi connectivity index (χ1) is 19.8. The highest BCUT2D eigenvalue weighted by Gasteiger charge is 2.45. The van der Waals surface area contributed by atoms with Crippen LogP contribution in [0, 0.1) is 16.7 Å². The van der Waals surface area contributed by atoms with Gasteiger partial charge in [-0.15, -0.1) is 11.3 Å². The van der Waals surface area contributed by atoms with Gasteiger partial charge in [0.2, 0.25) is 5.91 Å². The van der Waals surface area contributed by atoms with E-state index in [1.165, 1.54) is 51.8 Å². The molecular formula is C34H43N5OS. The number of hydrogen-bond acceptors (Lipinski definition) is 6. The number of carbonyl (C=O) groups is 1. The zero-order chi connectivity index (χ0) is 28.5. The van der Waals surface area contributed by atoms with Crippen LogP contribution in [0.5, 0.6) is 0 Å². The SMILES string of the molecule is CN1CCN(Cc2ccc(-c3cc4cc(C[C@H](C#N)NC(=O)C5(N)CCC6(CCCC6)CC5)ccc4s3)cc2)CC1. The van der Waals surface area contributed by atoms with Crippen molar-refractivity contribution in [3.8, 4) is 16.5 Å². The lowest BCUT2D eigenvalue weighted by Gasteiger charge is -2.42. The van der Waals surface area contributed by atoms with Crippen molar-refractivity contribution >= 4 is 27.3 Å². The Morgan fingerprint density at radius 3 is 2.34 bits per heavy atom. The third-order valence-electron chi connectivity index (χ3n) is 10.0. The van der Waals surface area contributed by atoms with Crippen molar-refractivity contribution in [3.63, 3.8) is 0 Å². The number of nitriles is 1. The molecule has 1 saturated heterocycles. The Morgan fingerprint density at radius 2 is 1.66 bits per heavy atom. The van der Waals surface area contributed by atoms with Crippen LogP contribution in [0.25, 0.3) is 20.5 Å². The summed E-state index contributed by atoms with van der Waals surface area (Å²) in [6, 6.07) is 19.3. The summed E-state index contributed by atoms with van der Waals surface area (Å²) in [4.78, 5) is 19.4. The molecule has 0 unspecified atom stereocenters. The maximum Gasteiger partial charge on any atom is 0.241 e. The number of likely N-dealkylation sites (N-methyl/N-ethyl adjacent to an activating group) is 1. The molecule has 2 aliphatic carbocycles. The molecule has 1 aromatic heterocycles. The predicted molar refractivity (Wildman–Crippen MR) is 168 cm³/mol. The van der Waals surface area contributed by atoms with Crippen LogP contribution in [0.2, 0.25) is 0 Å². The zero-order valence-electron chi connectivity index (χ0n) is 24.3. The summed E-state index contributed by atoms with van der Waals surface area (Å²) >= 11 is 1.79. The lowest BCUT2D eigenvalue weighted by Crippen LogP contribution is -2.58. The van der Waals surface area contributed by atoms with E-state index in [9.17, 15) is 10.1 Å². The van der Waals surface area contributed by atoms with Crippen LogP contribution >= 0.6 is 11.3 Å². The van der Waals surface area contributed by atoms with Crippen LogP contribution in [0.4, 0.5) is 0 Å². The lowest BCUT2D eigenvalue weighted by atomic mass is 9.66. The van der Waals surface area contributed by atoms with Gasteiger partial charge >= 0.3 is 0 Å². The number of nitrogens with two attached hydrogens (primary N) is 1. The number of benzene rings is 2. The molecule has 1 spiro atoms. The molecule has 216 valence electrons. The highest BCUT2D eigenvalue weighted by atomic mass is 32.1. The van der Waals surface area contributed by atoms with E-state index in [0.29, 0.717) is 11.8 Å². The van der Waals surface area contributed by atoms with E-state index in [0.717, 1.165) is 64.0 Å². The molecule has 2 aromatic carbocycles. The second kappa shape index (κ2) is 11.9. The summed E-state index contributed by atoms with van der Waals surface area (Å²) in [5.41, 5.74) is 9.83. The molecule has 2 heterocycles. The minimum atomic E-state index is -0.852. The van der Waals surface area contributed by atoms with Crippen molar-refractivity contribution in [2.24, 2.45) is 11.1 Å². The van der Waals surface area contributed by atoms with Crippen LogP contribution in [0.1, 0.15) is 62.5 Å². The van der Waals surface area contributed by atoms with Crippen molar-refractivity contribution in [1.29, 1.82) is 5.26 Å². The lowest BCUT2D eigenvalue weighted by molar-refractivity contribution is -0.128. The first-order valence-corrected chi connectivity index (χ1v) is 16.2. The third-order valence-corrected chi connectivity index (χ3v) is 11.2. The van der Waals surface area contributed by atoms with Crippen LogP contribution < -0.4 is 11.1 Å². The van der Waals surface area contributed by atoms with E-state index in [1.54, 1.807) is 11.3 Å². The topological polar surface area (TPSA) is 85.4 Å². The van der Waals surface area contributed by atoms with Gasteiger partial charge in [-0.25, -0.2) is 0 Å². The Hall–Kier alpha value is -2.76. The van der Waals surface area contributed by atoms with E-state index in [1.807, 2.05) is 0 Å². The molecule has 1 amide bonds. The second-order valence-electron chi connectivity index (χ2n) is 13.0. The Balaban J connectivity index is 1.07. The van der Waals surface area contributed by atoms with E-state index in [2.05, 4.69) is 76.8 Å². The fourth-order valence-electron chi connectivity index (χ4n) is 7.15. The zero-order valence-corrected chi connectivity index (χ0v) is 25.1. The molecule has 7 heteroatoms. The minimum Gasteiger partial charge on any atom is -0.338 e. The molecule has 1 atom stereocenters. The molecule has 3 aromatic rings. The van der Waals surface area contributed by atoms with Crippen LogP contribution in [0.3, 0.4) is 0 Å². The number of piperazine rings is 1. The van der Waals surface area contributed by atoms with E-state index < -0.39 is 11.6 Å². The maximum atomic E-state index is 13.2. The van der Waals surface area contributed by atoms with Crippen molar-refractivity contribution in [3.05, 3.63) is 59.7 Å². The summed E-state index contributed by atoms with van der Waals surface area (Å²) in [6.07, 6.45) is 9.15.